The second kappa shape index (κ2) is 7.33. The molecule has 1 aromatic rings. The van der Waals surface area contributed by atoms with Crippen molar-refractivity contribution in [3.8, 4) is 0 Å². The Morgan fingerprint density at radius 2 is 1.88 bits per heavy atom. The molecule has 17 heavy (non-hydrogen) atoms. The number of unbranched alkanes of at least 4 members (excludes halogenated alkanes) is 2. The van der Waals surface area contributed by atoms with Gasteiger partial charge in [-0.1, -0.05) is 25.0 Å². The highest BCUT2D eigenvalue weighted by Gasteiger charge is 2.10. The first kappa shape index (κ1) is 14.0. The van der Waals surface area contributed by atoms with Crippen LogP contribution in [0.2, 0.25) is 0 Å². The van der Waals surface area contributed by atoms with Crippen LogP contribution >= 0.6 is 12.6 Å². The topological polar surface area (TPSA) is 37.3 Å². The number of thiol groups is 1. The van der Waals surface area contributed by atoms with Gasteiger partial charge in [0.25, 0.3) is 0 Å². The van der Waals surface area contributed by atoms with Gasteiger partial charge in [-0.15, -0.1) is 0 Å². The van der Waals surface area contributed by atoms with Crippen LogP contribution in [-0.4, -0.2) is 16.3 Å². The molecule has 0 saturated carbocycles. The lowest BCUT2D eigenvalue weighted by Crippen LogP contribution is -2.12. The van der Waals surface area contributed by atoms with Crippen molar-refractivity contribution in [1.29, 1.82) is 0 Å². The minimum atomic E-state index is -0.855. The van der Waals surface area contributed by atoms with E-state index in [2.05, 4.69) is 12.6 Å². The highest BCUT2D eigenvalue weighted by atomic mass is 32.1. The molecule has 1 unspecified atom stereocenters. The highest BCUT2D eigenvalue weighted by molar-refractivity contribution is 7.81. The van der Waals surface area contributed by atoms with Crippen molar-refractivity contribution in [2.75, 3.05) is 0 Å². The van der Waals surface area contributed by atoms with Crippen LogP contribution < -0.4 is 0 Å². The lowest BCUT2D eigenvalue weighted by molar-refractivity contribution is -0.136. The quantitative estimate of drug-likeness (QED) is 0.580. The maximum Gasteiger partial charge on any atom is 0.316 e. The molecule has 0 spiro atoms. The average Bonchev–Trinajstić information content (AvgIpc) is 2.30. The summed E-state index contributed by atoms with van der Waals surface area (Å²) in [6, 6.07) is 6.50. The summed E-state index contributed by atoms with van der Waals surface area (Å²) in [5.74, 6) is -1.07. The number of carboxylic acids is 1. The standard InChI is InChI=1S/C13H17FO2S/c14-11-8-6-10(7-9-11)4-2-1-3-5-12(17)13(15)16/h6-9,12,17H,1-5H2,(H,15,16). The fourth-order valence-electron chi connectivity index (χ4n) is 1.62. The predicted molar refractivity (Wildman–Crippen MR) is 69.0 cm³/mol. The first-order chi connectivity index (χ1) is 8.09. The number of hydrogen-bond acceptors (Lipinski definition) is 2. The van der Waals surface area contributed by atoms with Gasteiger partial charge in [0.1, 0.15) is 5.82 Å². The van der Waals surface area contributed by atoms with E-state index in [0.717, 1.165) is 31.2 Å². The first-order valence-corrected chi connectivity index (χ1v) is 6.26. The van der Waals surface area contributed by atoms with Crippen molar-refractivity contribution in [2.24, 2.45) is 0 Å². The van der Waals surface area contributed by atoms with Crippen LogP contribution in [0.1, 0.15) is 31.2 Å². The van der Waals surface area contributed by atoms with E-state index in [4.69, 9.17) is 5.11 Å². The van der Waals surface area contributed by atoms with E-state index in [-0.39, 0.29) is 5.82 Å². The number of aliphatic carboxylic acids is 1. The maximum atomic E-state index is 12.6. The number of rotatable bonds is 7. The van der Waals surface area contributed by atoms with Crippen LogP contribution in [0.15, 0.2) is 24.3 Å². The third-order valence-corrected chi connectivity index (χ3v) is 3.12. The minimum absolute atomic E-state index is 0.215. The SMILES string of the molecule is O=C(O)C(S)CCCCCc1ccc(F)cc1. The van der Waals surface area contributed by atoms with E-state index in [1.165, 1.54) is 12.1 Å². The molecule has 0 heterocycles. The van der Waals surface area contributed by atoms with Gasteiger partial charge in [0, 0.05) is 0 Å². The van der Waals surface area contributed by atoms with Crippen molar-refractivity contribution in [3.05, 3.63) is 35.6 Å². The summed E-state index contributed by atoms with van der Waals surface area (Å²) >= 11 is 3.97. The zero-order valence-electron chi connectivity index (χ0n) is 9.60. The van der Waals surface area contributed by atoms with Crippen LogP contribution in [-0.2, 0) is 11.2 Å². The molecule has 0 aromatic heterocycles. The second-order valence-electron chi connectivity index (χ2n) is 4.08. The summed E-state index contributed by atoms with van der Waals surface area (Å²) in [5.41, 5.74) is 1.12. The molecular formula is C13H17FO2S. The van der Waals surface area contributed by atoms with Gasteiger partial charge in [-0.05, 0) is 37.0 Å². The third kappa shape index (κ3) is 5.73. The van der Waals surface area contributed by atoms with Crippen LogP contribution in [0.3, 0.4) is 0 Å². The van der Waals surface area contributed by atoms with Gasteiger partial charge in [0.15, 0.2) is 0 Å². The number of carbonyl (C=O) groups is 1. The van der Waals surface area contributed by atoms with Gasteiger partial charge in [0.05, 0.1) is 5.25 Å². The number of hydrogen-bond donors (Lipinski definition) is 2. The van der Waals surface area contributed by atoms with Crippen molar-refractivity contribution >= 4 is 18.6 Å². The number of carboxylic acid groups (broad SMARTS) is 1. The molecule has 1 aromatic carbocycles. The van der Waals surface area contributed by atoms with Crippen LogP contribution in [0, 0.1) is 5.82 Å². The van der Waals surface area contributed by atoms with Crippen LogP contribution in [0.4, 0.5) is 4.39 Å². The van der Waals surface area contributed by atoms with Gasteiger partial charge < -0.3 is 5.11 Å². The summed E-state index contributed by atoms with van der Waals surface area (Å²) < 4.78 is 12.6. The minimum Gasteiger partial charge on any atom is -0.480 e. The Balaban J connectivity index is 2.12. The van der Waals surface area contributed by atoms with E-state index in [9.17, 15) is 9.18 Å². The summed E-state index contributed by atoms with van der Waals surface area (Å²) in [5, 5.41) is 8.08. The molecule has 1 rings (SSSR count). The van der Waals surface area contributed by atoms with E-state index in [1.54, 1.807) is 12.1 Å². The normalized spacial score (nSPS) is 12.4. The molecule has 4 heteroatoms. The molecule has 0 radical (unpaired) electrons. The number of aryl methyl sites for hydroxylation is 1. The number of benzene rings is 1. The Bertz CT molecular complexity index is 351. The number of halogens is 1. The summed E-state index contributed by atoms with van der Waals surface area (Å²) in [6.07, 6.45) is 4.33. The third-order valence-electron chi connectivity index (χ3n) is 2.64. The summed E-state index contributed by atoms with van der Waals surface area (Å²) in [4.78, 5) is 10.5. The lowest BCUT2D eigenvalue weighted by atomic mass is 10.1. The monoisotopic (exact) mass is 256 g/mol. The highest BCUT2D eigenvalue weighted by Crippen LogP contribution is 2.12. The maximum absolute atomic E-state index is 12.6. The van der Waals surface area contributed by atoms with Gasteiger partial charge in [-0.25, -0.2) is 4.39 Å². The molecule has 2 nitrogen and oxygen atoms in total. The Kier molecular flexibility index (Phi) is 6.05. The Morgan fingerprint density at radius 3 is 2.47 bits per heavy atom. The molecule has 0 aliphatic rings. The smallest absolute Gasteiger partial charge is 0.316 e. The molecule has 0 aliphatic heterocycles. The Labute approximate surface area is 106 Å². The second-order valence-corrected chi connectivity index (χ2v) is 4.70. The average molecular weight is 256 g/mol. The molecule has 0 saturated heterocycles. The fraction of sp³-hybridized carbons (Fsp3) is 0.462. The first-order valence-electron chi connectivity index (χ1n) is 5.75. The van der Waals surface area contributed by atoms with Gasteiger partial charge in [0.2, 0.25) is 0 Å². The van der Waals surface area contributed by atoms with Crippen molar-refractivity contribution < 1.29 is 14.3 Å². The molecule has 1 atom stereocenters. The van der Waals surface area contributed by atoms with E-state index in [0.29, 0.717) is 6.42 Å². The van der Waals surface area contributed by atoms with E-state index >= 15 is 0 Å². The van der Waals surface area contributed by atoms with Crippen LogP contribution in [0.5, 0.6) is 0 Å². The van der Waals surface area contributed by atoms with Gasteiger partial charge >= 0.3 is 5.97 Å². The molecular weight excluding hydrogens is 239 g/mol. The van der Waals surface area contributed by atoms with Crippen LogP contribution in [0.25, 0.3) is 0 Å². The Hall–Kier alpha value is -1.03. The zero-order valence-corrected chi connectivity index (χ0v) is 10.5. The van der Waals surface area contributed by atoms with Gasteiger partial charge in [-0.3, -0.25) is 4.79 Å². The van der Waals surface area contributed by atoms with E-state index in [1.807, 2.05) is 0 Å². The Morgan fingerprint density at radius 1 is 1.24 bits per heavy atom. The molecule has 0 fully saturated rings. The zero-order chi connectivity index (χ0) is 12.7. The predicted octanol–water partition coefficient (Wildman–Crippen LogP) is 3.31. The van der Waals surface area contributed by atoms with E-state index < -0.39 is 11.2 Å². The van der Waals surface area contributed by atoms with Crippen molar-refractivity contribution in [3.63, 3.8) is 0 Å². The molecule has 0 bridgehead atoms. The lowest BCUT2D eigenvalue weighted by Gasteiger charge is -2.05. The van der Waals surface area contributed by atoms with Crippen molar-refractivity contribution in [2.45, 2.75) is 37.4 Å². The molecule has 0 aliphatic carbocycles. The molecule has 1 N–H and O–H groups in total. The molecule has 0 amide bonds. The fourth-order valence-corrected chi connectivity index (χ4v) is 1.80. The van der Waals surface area contributed by atoms with Crippen molar-refractivity contribution in [1.82, 2.24) is 0 Å². The summed E-state index contributed by atoms with van der Waals surface area (Å²) in [6.45, 7) is 0. The summed E-state index contributed by atoms with van der Waals surface area (Å²) in [7, 11) is 0. The van der Waals surface area contributed by atoms with Gasteiger partial charge in [-0.2, -0.15) is 12.6 Å². The molecule has 94 valence electrons. The largest absolute Gasteiger partial charge is 0.480 e.